The zero-order chi connectivity index (χ0) is 16.4. The van der Waals surface area contributed by atoms with Gasteiger partial charge in [-0.25, -0.2) is 4.98 Å². The molecule has 3 aromatic heterocycles. The number of pyridine rings is 1. The quantitative estimate of drug-likeness (QED) is 0.489. The van der Waals surface area contributed by atoms with Crippen LogP contribution in [0.3, 0.4) is 0 Å². The van der Waals surface area contributed by atoms with Crippen molar-refractivity contribution in [3.63, 3.8) is 0 Å². The Bertz CT molecular complexity index is 869. The Morgan fingerprint density at radius 3 is 2.74 bits per heavy atom. The van der Waals surface area contributed by atoms with Crippen molar-refractivity contribution in [3.05, 3.63) is 58.6 Å². The van der Waals surface area contributed by atoms with E-state index in [0.29, 0.717) is 26.7 Å². The minimum absolute atomic E-state index is 0.286. The highest BCUT2D eigenvalue weighted by atomic mass is 32.1. The van der Waals surface area contributed by atoms with Crippen LogP contribution in [-0.2, 0) is 0 Å². The molecule has 116 valence electrons. The van der Waals surface area contributed by atoms with Gasteiger partial charge in [0.15, 0.2) is 17.5 Å². The molecule has 0 radical (unpaired) electrons. The number of amides is 2. The molecule has 0 bridgehead atoms. The Kier molecular flexibility index (Phi) is 3.77. The molecule has 3 heterocycles. The number of anilines is 1. The number of rotatable bonds is 4. The number of H-pyrrole nitrogens is 1. The summed E-state index contributed by atoms with van der Waals surface area (Å²) in [5.41, 5.74) is 7.13. The smallest absolute Gasteiger partial charge is 0.265 e. The molecule has 0 aromatic carbocycles. The molecule has 3 rings (SSSR count). The van der Waals surface area contributed by atoms with E-state index in [0.717, 1.165) is 0 Å². The third-order valence-corrected chi connectivity index (χ3v) is 3.79. The van der Waals surface area contributed by atoms with Crippen LogP contribution in [0.25, 0.3) is 11.3 Å². The summed E-state index contributed by atoms with van der Waals surface area (Å²) in [7, 11) is 0. The number of aromatic nitrogens is 3. The van der Waals surface area contributed by atoms with Crippen molar-refractivity contribution in [1.29, 1.82) is 0 Å². The summed E-state index contributed by atoms with van der Waals surface area (Å²) in [6.07, 6.45) is 4.10. The summed E-state index contributed by atoms with van der Waals surface area (Å²) >= 11 is 1.25. The standard InChI is InChI=1S/C14H11N5O3S/c15-12(20)10-5-9(6-16-10)11-7-23-14(17-11)18-13(21)8-1-3-19(22)4-2-8/h1-7,16H,(H2,15,20)(H,17,18,21). The average Bonchev–Trinajstić information content (AvgIpc) is 3.16. The van der Waals surface area contributed by atoms with Crippen LogP contribution in [0, 0.1) is 5.21 Å². The lowest BCUT2D eigenvalue weighted by atomic mass is 10.2. The van der Waals surface area contributed by atoms with Crippen LogP contribution in [0.2, 0.25) is 0 Å². The first-order chi connectivity index (χ1) is 11.0. The zero-order valence-corrected chi connectivity index (χ0v) is 12.5. The molecule has 9 heteroatoms. The molecule has 0 spiro atoms. The second-order valence-electron chi connectivity index (χ2n) is 4.61. The van der Waals surface area contributed by atoms with E-state index < -0.39 is 5.91 Å². The van der Waals surface area contributed by atoms with Gasteiger partial charge in [0.2, 0.25) is 0 Å². The Labute approximate surface area is 134 Å². The van der Waals surface area contributed by atoms with Gasteiger partial charge in [-0.1, -0.05) is 0 Å². The number of nitrogens with zero attached hydrogens (tertiary/aromatic N) is 2. The zero-order valence-electron chi connectivity index (χ0n) is 11.6. The molecule has 3 aromatic rings. The molecule has 0 aliphatic rings. The number of nitrogens with two attached hydrogens (primary N) is 1. The highest BCUT2D eigenvalue weighted by Gasteiger charge is 2.12. The first-order valence-electron chi connectivity index (χ1n) is 6.47. The molecule has 0 saturated heterocycles. The maximum atomic E-state index is 12.0. The van der Waals surface area contributed by atoms with E-state index in [1.165, 1.54) is 35.9 Å². The van der Waals surface area contributed by atoms with Crippen LogP contribution in [0.1, 0.15) is 20.8 Å². The number of hydrogen-bond acceptors (Lipinski definition) is 5. The Morgan fingerprint density at radius 1 is 1.35 bits per heavy atom. The molecule has 8 nitrogen and oxygen atoms in total. The van der Waals surface area contributed by atoms with Gasteiger partial charge in [-0.15, -0.1) is 11.3 Å². The van der Waals surface area contributed by atoms with Crippen molar-refractivity contribution >= 4 is 28.3 Å². The third-order valence-electron chi connectivity index (χ3n) is 3.03. The highest BCUT2D eigenvalue weighted by Crippen LogP contribution is 2.25. The Morgan fingerprint density at radius 2 is 2.09 bits per heavy atom. The van der Waals surface area contributed by atoms with Gasteiger partial charge in [0.05, 0.1) is 11.3 Å². The van der Waals surface area contributed by atoms with Gasteiger partial charge in [0.1, 0.15) is 5.69 Å². The number of nitrogens with one attached hydrogen (secondary N) is 2. The van der Waals surface area contributed by atoms with Crippen LogP contribution in [-0.4, -0.2) is 21.8 Å². The molecule has 0 aliphatic carbocycles. The van der Waals surface area contributed by atoms with E-state index >= 15 is 0 Å². The molecular weight excluding hydrogens is 318 g/mol. The molecule has 0 aliphatic heterocycles. The summed E-state index contributed by atoms with van der Waals surface area (Å²) in [6.45, 7) is 0. The van der Waals surface area contributed by atoms with Crippen molar-refractivity contribution in [3.8, 4) is 11.3 Å². The molecule has 0 unspecified atom stereocenters. The Hall–Kier alpha value is -3.20. The number of primary amides is 1. The Balaban J connectivity index is 1.75. The lowest BCUT2D eigenvalue weighted by molar-refractivity contribution is -0.605. The van der Waals surface area contributed by atoms with E-state index in [-0.39, 0.29) is 11.6 Å². The SMILES string of the molecule is NC(=O)c1cc(-c2csc(NC(=O)c3cc[n+]([O-])cc3)n2)c[nH]1. The lowest BCUT2D eigenvalue weighted by Gasteiger charge is -2.01. The predicted molar refractivity (Wildman–Crippen MR) is 83.8 cm³/mol. The van der Waals surface area contributed by atoms with Crippen LogP contribution in [0.15, 0.2) is 42.2 Å². The monoisotopic (exact) mass is 329 g/mol. The number of carbonyl (C=O) groups excluding carboxylic acids is 2. The van der Waals surface area contributed by atoms with Gasteiger partial charge < -0.3 is 15.9 Å². The van der Waals surface area contributed by atoms with Gasteiger partial charge in [-0.2, -0.15) is 4.73 Å². The summed E-state index contributed by atoms with van der Waals surface area (Å²) in [6, 6.07) is 4.43. The summed E-state index contributed by atoms with van der Waals surface area (Å²) < 4.78 is 0.598. The third kappa shape index (κ3) is 3.19. The summed E-state index contributed by atoms with van der Waals surface area (Å²) in [5, 5.41) is 15.8. The first kappa shape index (κ1) is 14.7. The van der Waals surface area contributed by atoms with Gasteiger partial charge in [0, 0.05) is 29.3 Å². The molecular formula is C14H11N5O3S. The van der Waals surface area contributed by atoms with E-state index in [4.69, 9.17) is 5.73 Å². The predicted octanol–water partition coefficient (Wildman–Crippen LogP) is 1.12. The molecule has 0 atom stereocenters. The fourth-order valence-electron chi connectivity index (χ4n) is 1.88. The average molecular weight is 329 g/mol. The van der Waals surface area contributed by atoms with Crippen molar-refractivity contribution < 1.29 is 14.3 Å². The first-order valence-corrected chi connectivity index (χ1v) is 7.35. The van der Waals surface area contributed by atoms with Crippen LogP contribution < -0.4 is 15.8 Å². The number of hydrogen-bond donors (Lipinski definition) is 3. The van der Waals surface area contributed by atoms with E-state index in [9.17, 15) is 14.8 Å². The molecule has 0 saturated carbocycles. The molecule has 0 fully saturated rings. The molecule has 23 heavy (non-hydrogen) atoms. The van der Waals surface area contributed by atoms with Gasteiger partial charge >= 0.3 is 0 Å². The number of carbonyl (C=O) groups is 2. The highest BCUT2D eigenvalue weighted by molar-refractivity contribution is 7.14. The summed E-state index contributed by atoms with van der Waals surface area (Å²) in [5.74, 6) is -0.918. The second-order valence-corrected chi connectivity index (χ2v) is 5.46. The number of thiazole rings is 1. The maximum absolute atomic E-state index is 12.0. The van der Waals surface area contributed by atoms with Crippen LogP contribution in [0.4, 0.5) is 5.13 Å². The van der Waals surface area contributed by atoms with Crippen LogP contribution in [0.5, 0.6) is 0 Å². The summed E-state index contributed by atoms with van der Waals surface area (Å²) in [4.78, 5) is 30.2. The van der Waals surface area contributed by atoms with E-state index in [1.54, 1.807) is 17.6 Å². The van der Waals surface area contributed by atoms with Crippen molar-refractivity contribution in [1.82, 2.24) is 9.97 Å². The maximum Gasteiger partial charge on any atom is 0.265 e. The van der Waals surface area contributed by atoms with E-state index in [1.807, 2.05) is 0 Å². The second kappa shape index (κ2) is 5.89. The van der Waals surface area contributed by atoms with Crippen LogP contribution >= 0.6 is 11.3 Å². The molecule has 4 N–H and O–H groups in total. The van der Waals surface area contributed by atoms with Gasteiger partial charge in [-0.05, 0) is 6.07 Å². The number of aromatic amines is 1. The topological polar surface area (TPSA) is 128 Å². The van der Waals surface area contributed by atoms with Crippen molar-refractivity contribution in [2.45, 2.75) is 0 Å². The van der Waals surface area contributed by atoms with E-state index in [2.05, 4.69) is 15.3 Å². The molecule has 2 amide bonds. The minimum atomic E-state index is -0.556. The van der Waals surface area contributed by atoms with Crippen molar-refractivity contribution in [2.24, 2.45) is 5.73 Å². The minimum Gasteiger partial charge on any atom is -0.619 e. The van der Waals surface area contributed by atoms with Crippen molar-refractivity contribution in [2.75, 3.05) is 5.32 Å². The largest absolute Gasteiger partial charge is 0.619 e. The van der Waals surface area contributed by atoms with Gasteiger partial charge in [-0.3, -0.25) is 14.9 Å². The normalized spacial score (nSPS) is 10.4. The van der Waals surface area contributed by atoms with Gasteiger partial charge in [0.25, 0.3) is 11.8 Å². The fourth-order valence-corrected chi connectivity index (χ4v) is 2.60. The fraction of sp³-hybridized carbons (Fsp3) is 0. The lowest BCUT2D eigenvalue weighted by Crippen LogP contribution is -2.25.